The predicted octanol–water partition coefficient (Wildman–Crippen LogP) is 1.25. The number of halogens is 1. The average Bonchev–Trinajstić information content (AvgIpc) is 3.01. The summed E-state index contributed by atoms with van der Waals surface area (Å²) in [6.45, 7) is 2.28. The molecule has 0 aliphatic heterocycles. The second kappa shape index (κ2) is 4.55. The number of carbonyl (C=O) groups is 1. The van der Waals surface area contributed by atoms with Crippen LogP contribution in [-0.2, 0) is 18.3 Å². The Kier molecular flexibility index (Phi) is 3.30. The van der Waals surface area contributed by atoms with Gasteiger partial charge in [-0.2, -0.15) is 5.10 Å². The number of ketones is 1. The first-order valence-electron chi connectivity index (χ1n) is 5.51. The van der Waals surface area contributed by atoms with Crippen LogP contribution in [0.15, 0.2) is 0 Å². The maximum atomic E-state index is 11.7. The average molecular weight is 242 g/mol. The molecule has 5 heteroatoms. The SMILES string of the molecule is Cc1nn(C)c(CC(=O)CNC2CC2)c1Cl. The summed E-state index contributed by atoms with van der Waals surface area (Å²) < 4.78 is 1.69. The van der Waals surface area contributed by atoms with Gasteiger partial charge in [0.25, 0.3) is 0 Å². The normalized spacial score (nSPS) is 15.4. The Morgan fingerprint density at radius 2 is 2.31 bits per heavy atom. The van der Waals surface area contributed by atoms with E-state index < -0.39 is 0 Å². The zero-order valence-corrected chi connectivity index (χ0v) is 10.3. The van der Waals surface area contributed by atoms with Gasteiger partial charge in [0.2, 0.25) is 0 Å². The van der Waals surface area contributed by atoms with Crippen LogP contribution in [0.1, 0.15) is 24.2 Å². The van der Waals surface area contributed by atoms with Crippen LogP contribution in [0.4, 0.5) is 0 Å². The molecule has 0 spiro atoms. The Balaban J connectivity index is 1.93. The van der Waals surface area contributed by atoms with Gasteiger partial charge < -0.3 is 5.32 Å². The summed E-state index contributed by atoms with van der Waals surface area (Å²) >= 11 is 6.08. The minimum Gasteiger partial charge on any atom is -0.307 e. The highest BCUT2D eigenvalue weighted by molar-refractivity contribution is 6.32. The Morgan fingerprint density at radius 3 is 2.81 bits per heavy atom. The standard InChI is InChI=1S/C11H16ClN3O/c1-7-11(12)10(15(2)14-7)5-9(16)6-13-8-3-4-8/h8,13H,3-6H2,1-2H3. The molecule has 0 atom stereocenters. The first kappa shape index (κ1) is 11.6. The number of aryl methyl sites for hydroxylation is 2. The van der Waals surface area contributed by atoms with E-state index in [9.17, 15) is 4.79 Å². The minimum atomic E-state index is 0.164. The van der Waals surface area contributed by atoms with Gasteiger partial charge in [-0.15, -0.1) is 0 Å². The molecular formula is C11H16ClN3O. The molecule has 0 saturated heterocycles. The smallest absolute Gasteiger partial charge is 0.152 e. The molecule has 0 aromatic carbocycles. The van der Waals surface area contributed by atoms with E-state index in [4.69, 9.17) is 11.6 Å². The Bertz CT molecular complexity index is 410. The highest BCUT2D eigenvalue weighted by Gasteiger charge is 2.22. The second-order valence-electron chi connectivity index (χ2n) is 4.34. The number of hydrogen-bond acceptors (Lipinski definition) is 3. The van der Waals surface area contributed by atoms with Crippen molar-refractivity contribution in [3.05, 3.63) is 16.4 Å². The molecule has 0 radical (unpaired) electrons. The van der Waals surface area contributed by atoms with Crippen LogP contribution in [0.25, 0.3) is 0 Å². The fourth-order valence-electron chi connectivity index (χ4n) is 1.67. The van der Waals surface area contributed by atoms with Crippen LogP contribution in [0.2, 0.25) is 5.02 Å². The van der Waals surface area contributed by atoms with Crippen molar-refractivity contribution in [2.24, 2.45) is 7.05 Å². The summed E-state index contributed by atoms with van der Waals surface area (Å²) in [4.78, 5) is 11.7. The van der Waals surface area contributed by atoms with E-state index in [0.717, 1.165) is 11.4 Å². The largest absolute Gasteiger partial charge is 0.307 e. The highest BCUT2D eigenvalue weighted by Crippen LogP contribution is 2.20. The summed E-state index contributed by atoms with van der Waals surface area (Å²) in [6.07, 6.45) is 2.74. The molecular weight excluding hydrogens is 226 g/mol. The van der Waals surface area contributed by atoms with E-state index in [2.05, 4.69) is 10.4 Å². The third-order valence-electron chi connectivity index (χ3n) is 2.79. The van der Waals surface area contributed by atoms with Gasteiger partial charge in [0.15, 0.2) is 5.78 Å². The van der Waals surface area contributed by atoms with Gasteiger partial charge in [-0.3, -0.25) is 9.48 Å². The van der Waals surface area contributed by atoms with Gasteiger partial charge in [-0.05, 0) is 19.8 Å². The van der Waals surface area contributed by atoms with Crippen molar-refractivity contribution in [1.82, 2.24) is 15.1 Å². The molecule has 1 aliphatic rings. The van der Waals surface area contributed by atoms with Gasteiger partial charge in [0.1, 0.15) is 0 Å². The number of rotatable bonds is 5. The van der Waals surface area contributed by atoms with Crippen LogP contribution in [0.3, 0.4) is 0 Å². The second-order valence-corrected chi connectivity index (χ2v) is 4.72. The Labute approximate surface area is 100.0 Å². The van der Waals surface area contributed by atoms with Gasteiger partial charge in [-0.1, -0.05) is 11.6 Å². The number of carbonyl (C=O) groups excluding carboxylic acids is 1. The third-order valence-corrected chi connectivity index (χ3v) is 3.28. The molecule has 2 rings (SSSR count). The summed E-state index contributed by atoms with van der Waals surface area (Å²) in [5.74, 6) is 0.164. The fourth-order valence-corrected chi connectivity index (χ4v) is 1.89. The zero-order chi connectivity index (χ0) is 11.7. The molecule has 1 aromatic rings. The predicted molar refractivity (Wildman–Crippen MR) is 62.7 cm³/mol. The molecule has 16 heavy (non-hydrogen) atoms. The highest BCUT2D eigenvalue weighted by atomic mass is 35.5. The topological polar surface area (TPSA) is 46.9 Å². The lowest BCUT2D eigenvalue weighted by atomic mass is 10.2. The van der Waals surface area contributed by atoms with Crippen molar-refractivity contribution in [3.63, 3.8) is 0 Å². The first-order valence-corrected chi connectivity index (χ1v) is 5.88. The lowest BCUT2D eigenvalue weighted by Crippen LogP contribution is -2.26. The van der Waals surface area contributed by atoms with Gasteiger partial charge in [-0.25, -0.2) is 0 Å². The van der Waals surface area contributed by atoms with E-state index in [1.807, 2.05) is 14.0 Å². The summed E-state index contributed by atoms with van der Waals surface area (Å²) in [5, 5.41) is 8.00. The molecule has 88 valence electrons. The quantitative estimate of drug-likeness (QED) is 0.844. The first-order chi connectivity index (χ1) is 7.58. The monoisotopic (exact) mass is 241 g/mol. The molecule has 1 N–H and O–H groups in total. The Hall–Kier alpha value is -0.870. The number of nitrogens with one attached hydrogen (secondary N) is 1. The lowest BCUT2D eigenvalue weighted by molar-refractivity contribution is -0.117. The van der Waals surface area contributed by atoms with Crippen LogP contribution in [-0.4, -0.2) is 28.2 Å². The van der Waals surface area contributed by atoms with Crippen molar-refractivity contribution in [2.45, 2.75) is 32.2 Å². The fraction of sp³-hybridized carbons (Fsp3) is 0.636. The molecule has 4 nitrogen and oxygen atoms in total. The van der Waals surface area contributed by atoms with Crippen LogP contribution in [0, 0.1) is 6.92 Å². The van der Waals surface area contributed by atoms with Gasteiger partial charge in [0, 0.05) is 13.1 Å². The van der Waals surface area contributed by atoms with Crippen molar-refractivity contribution in [2.75, 3.05) is 6.54 Å². The van der Waals surface area contributed by atoms with E-state index in [-0.39, 0.29) is 5.78 Å². The third kappa shape index (κ3) is 2.62. The van der Waals surface area contributed by atoms with Crippen molar-refractivity contribution >= 4 is 17.4 Å². The maximum Gasteiger partial charge on any atom is 0.152 e. The van der Waals surface area contributed by atoms with Crippen molar-refractivity contribution in [1.29, 1.82) is 0 Å². The summed E-state index contributed by atoms with van der Waals surface area (Å²) in [6, 6.07) is 0.563. The van der Waals surface area contributed by atoms with E-state index in [0.29, 0.717) is 24.0 Å². The van der Waals surface area contributed by atoms with Crippen LogP contribution < -0.4 is 5.32 Å². The Morgan fingerprint density at radius 1 is 1.62 bits per heavy atom. The van der Waals surface area contributed by atoms with Crippen LogP contribution >= 0.6 is 11.6 Å². The molecule has 0 unspecified atom stereocenters. The van der Waals surface area contributed by atoms with E-state index in [1.54, 1.807) is 4.68 Å². The number of hydrogen-bond donors (Lipinski definition) is 1. The summed E-state index contributed by atoms with van der Waals surface area (Å²) in [5.41, 5.74) is 1.59. The van der Waals surface area contributed by atoms with E-state index in [1.165, 1.54) is 12.8 Å². The number of Topliss-reactive ketones (excluding diaryl/α,β-unsaturated/α-hetero) is 1. The lowest BCUT2D eigenvalue weighted by Gasteiger charge is -2.03. The van der Waals surface area contributed by atoms with E-state index >= 15 is 0 Å². The molecule has 1 saturated carbocycles. The van der Waals surface area contributed by atoms with Crippen molar-refractivity contribution in [3.8, 4) is 0 Å². The van der Waals surface area contributed by atoms with Gasteiger partial charge >= 0.3 is 0 Å². The zero-order valence-electron chi connectivity index (χ0n) is 9.59. The molecule has 1 fully saturated rings. The van der Waals surface area contributed by atoms with Crippen molar-refractivity contribution < 1.29 is 4.79 Å². The molecule has 1 aliphatic carbocycles. The summed E-state index contributed by atoms with van der Waals surface area (Å²) in [7, 11) is 1.82. The number of aromatic nitrogens is 2. The molecule has 0 bridgehead atoms. The maximum absolute atomic E-state index is 11.7. The molecule has 0 amide bonds. The molecule has 1 aromatic heterocycles. The van der Waals surface area contributed by atoms with Crippen LogP contribution in [0.5, 0.6) is 0 Å². The minimum absolute atomic E-state index is 0.164. The number of nitrogens with zero attached hydrogens (tertiary/aromatic N) is 2. The van der Waals surface area contributed by atoms with Gasteiger partial charge in [0.05, 0.1) is 29.4 Å². The molecule has 1 heterocycles.